The molecule has 8 heteroatoms. The van der Waals surface area contributed by atoms with Gasteiger partial charge in [-0.3, -0.25) is 9.36 Å². The number of nitrogens with zero attached hydrogens (tertiary/aromatic N) is 4. The normalized spacial score (nSPS) is 11.3. The third kappa shape index (κ3) is 1.87. The van der Waals surface area contributed by atoms with Crippen molar-refractivity contribution in [3.05, 3.63) is 52.3 Å². The van der Waals surface area contributed by atoms with Gasteiger partial charge in [0, 0.05) is 5.02 Å². The van der Waals surface area contributed by atoms with Crippen LogP contribution in [-0.4, -0.2) is 19.5 Å². The second-order valence-electron chi connectivity index (χ2n) is 4.61. The highest BCUT2D eigenvalue weighted by Crippen LogP contribution is 2.31. The van der Waals surface area contributed by atoms with Gasteiger partial charge in [0.05, 0.1) is 11.1 Å². The van der Waals surface area contributed by atoms with Gasteiger partial charge in [-0.15, -0.1) is 11.3 Å². The van der Waals surface area contributed by atoms with Crippen LogP contribution in [0.1, 0.15) is 0 Å². The van der Waals surface area contributed by atoms with E-state index in [9.17, 15) is 4.79 Å². The summed E-state index contributed by atoms with van der Waals surface area (Å²) in [5.74, 6) is 0.326. The predicted octanol–water partition coefficient (Wildman–Crippen LogP) is 2.63. The zero-order valence-corrected chi connectivity index (χ0v) is 12.6. The molecule has 0 atom stereocenters. The van der Waals surface area contributed by atoms with Crippen LogP contribution in [0.25, 0.3) is 26.1 Å². The summed E-state index contributed by atoms with van der Waals surface area (Å²) in [5.41, 5.74) is 6.93. The lowest BCUT2D eigenvalue weighted by molar-refractivity contribution is 0.968. The van der Waals surface area contributed by atoms with Crippen molar-refractivity contribution in [2.24, 2.45) is 0 Å². The average molecular weight is 330 g/mol. The second-order valence-corrected chi connectivity index (χ2v) is 6.05. The van der Waals surface area contributed by atoms with Gasteiger partial charge in [0.1, 0.15) is 33.5 Å². The maximum atomic E-state index is 12.7. The fourth-order valence-corrected chi connectivity index (χ4v) is 3.43. The van der Waals surface area contributed by atoms with E-state index in [1.165, 1.54) is 28.6 Å². The average Bonchev–Trinajstić information content (AvgIpc) is 2.90. The van der Waals surface area contributed by atoms with Crippen molar-refractivity contribution in [3.63, 3.8) is 0 Å². The highest BCUT2D eigenvalue weighted by Gasteiger charge is 2.15. The molecule has 6 nitrogen and oxygen atoms in total. The summed E-state index contributed by atoms with van der Waals surface area (Å²) < 4.78 is 1.97. The molecule has 108 valence electrons. The molecule has 0 radical (unpaired) electrons. The first-order chi connectivity index (χ1) is 10.6. The largest absolute Gasteiger partial charge is 0.383 e. The van der Waals surface area contributed by atoms with E-state index >= 15 is 0 Å². The van der Waals surface area contributed by atoms with E-state index in [0.29, 0.717) is 37.0 Å². The van der Waals surface area contributed by atoms with E-state index in [2.05, 4.69) is 15.0 Å². The standard InChI is InChI=1S/C14H8ClN5OS/c15-7-1-3-8(4-2-7)20-6-19-10-9-12(16)17-5-18-13(9)22-11(10)14(20)21/h1-6H,(H2,16,17,18). The molecule has 0 spiro atoms. The summed E-state index contributed by atoms with van der Waals surface area (Å²) in [6, 6.07) is 6.97. The van der Waals surface area contributed by atoms with Gasteiger partial charge in [-0.25, -0.2) is 15.0 Å². The van der Waals surface area contributed by atoms with E-state index in [-0.39, 0.29) is 5.56 Å². The molecule has 0 aliphatic carbocycles. The Morgan fingerprint density at radius 1 is 1.14 bits per heavy atom. The van der Waals surface area contributed by atoms with E-state index < -0.39 is 0 Å². The number of rotatable bonds is 1. The molecule has 3 heterocycles. The Kier molecular flexibility index (Phi) is 2.85. The van der Waals surface area contributed by atoms with Gasteiger partial charge in [-0.1, -0.05) is 11.6 Å². The Hall–Kier alpha value is -2.51. The number of aromatic nitrogens is 4. The fourth-order valence-electron chi connectivity index (χ4n) is 2.27. The molecule has 0 aliphatic rings. The minimum absolute atomic E-state index is 0.172. The van der Waals surface area contributed by atoms with Crippen LogP contribution in [0.3, 0.4) is 0 Å². The SMILES string of the molecule is Nc1ncnc2sc3c(=O)n(-c4ccc(Cl)cc4)cnc3c12. The number of thiophene rings is 1. The van der Waals surface area contributed by atoms with Crippen molar-refractivity contribution >= 4 is 49.2 Å². The number of halogens is 1. The lowest BCUT2D eigenvalue weighted by Gasteiger charge is -2.04. The first kappa shape index (κ1) is 13.2. The third-order valence-corrected chi connectivity index (χ3v) is 4.64. The molecule has 0 saturated carbocycles. The van der Waals surface area contributed by atoms with Crippen molar-refractivity contribution in [2.75, 3.05) is 5.73 Å². The minimum atomic E-state index is -0.172. The Bertz CT molecular complexity index is 1070. The number of anilines is 1. The van der Waals surface area contributed by atoms with Crippen molar-refractivity contribution in [1.82, 2.24) is 19.5 Å². The number of hydrogen-bond donors (Lipinski definition) is 1. The third-order valence-electron chi connectivity index (χ3n) is 3.31. The summed E-state index contributed by atoms with van der Waals surface area (Å²) in [6.45, 7) is 0. The topological polar surface area (TPSA) is 86.7 Å². The molecule has 3 aromatic heterocycles. The van der Waals surface area contributed by atoms with Crippen molar-refractivity contribution in [2.45, 2.75) is 0 Å². The molecule has 0 amide bonds. The molecule has 0 saturated heterocycles. The number of fused-ring (bicyclic) bond motifs is 3. The van der Waals surface area contributed by atoms with Crippen LogP contribution in [0.2, 0.25) is 5.02 Å². The van der Waals surface area contributed by atoms with Gasteiger partial charge in [0.15, 0.2) is 0 Å². The van der Waals surface area contributed by atoms with Crippen LogP contribution in [0.5, 0.6) is 0 Å². The minimum Gasteiger partial charge on any atom is -0.383 e. The lowest BCUT2D eigenvalue weighted by atomic mass is 10.3. The quantitative estimate of drug-likeness (QED) is 0.580. The summed E-state index contributed by atoms with van der Waals surface area (Å²) in [6.07, 6.45) is 2.86. The van der Waals surface area contributed by atoms with Crippen LogP contribution < -0.4 is 11.3 Å². The molecule has 4 aromatic rings. The summed E-state index contributed by atoms with van der Waals surface area (Å²) >= 11 is 7.14. The van der Waals surface area contributed by atoms with Crippen LogP contribution in [0.15, 0.2) is 41.7 Å². The molecule has 2 N–H and O–H groups in total. The zero-order valence-electron chi connectivity index (χ0n) is 11.0. The Labute approximate surface area is 132 Å². The van der Waals surface area contributed by atoms with Crippen molar-refractivity contribution in [3.8, 4) is 5.69 Å². The first-order valence-corrected chi connectivity index (χ1v) is 7.51. The van der Waals surface area contributed by atoms with E-state index in [1.807, 2.05) is 0 Å². The molecule has 0 fully saturated rings. The molecule has 0 bridgehead atoms. The van der Waals surface area contributed by atoms with Gasteiger partial charge in [0.2, 0.25) is 0 Å². The predicted molar refractivity (Wildman–Crippen MR) is 87.7 cm³/mol. The van der Waals surface area contributed by atoms with Gasteiger partial charge in [-0.05, 0) is 24.3 Å². The lowest BCUT2D eigenvalue weighted by Crippen LogP contribution is -2.17. The maximum absolute atomic E-state index is 12.7. The summed E-state index contributed by atoms with van der Waals surface area (Å²) in [4.78, 5) is 25.8. The van der Waals surface area contributed by atoms with Gasteiger partial charge < -0.3 is 5.73 Å². The smallest absolute Gasteiger partial charge is 0.275 e. The number of benzene rings is 1. The van der Waals surface area contributed by atoms with Crippen LogP contribution in [0.4, 0.5) is 5.82 Å². The molecule has 1 aromatic carbocycles. The van der Waals surface area contributed by atoms with Gasteiger partial charge in [-0.2, -0.15) is 0 Å². The molecular weight excluding hydrogens is 322 g/mol. The number of nitrogen functional groups attached to an aromatic ring is 1. The number of nitrogens with two attached hydrogens (primary N) is 1. The monoisotopic (exact) mass is 329 g/mol. The number of hydrogen-bond acceptors (Lipinski definition) is 6. The highest BCUT2D eigenvalue weighted by atomic mass is 35.5. The summed E-state index contributed by atoms with van der Waals surface area (Å²) in [5, 5.41) is 1.23. The maximum Gasteiger partial charge on any atom is 0.275 e. The Morgan fingerprint density at radius 2 is 1.91 bits per heavy atom. The Morgan fingerprint density at radius 3 is 2.68 bits per heavy atom. The molecular formula is C14H8ClN5OS. The van der Waals surface area contributed by atoms with Crippen molar-refractivity contribution in [1.29, 1.82) is 0 Å². The molecule has 0 aliphatic heterocycles. The molecule has 22 heavy (non-hydrogen) atoms. The molecule has 4 rings (SSSR count). The van der Waals surface area contributed by atoms with Gasteiger partial charge in [0.25, 0.3) is 5.56 Å². The van der Waals surface area contributed by atoms with Gasteiger partial charge >= 0.3 is 0 Å². The van der Waals surface area contributed by atoms with Crippen molar-refractivity contribution < 1.29 is 0 Å². The highest BCUT2D eigenvalue weighted by molar-refractivity contribution is 7.25. The van der Waals surface area contributed by atoms with Crippen LogP contribution in [-0.2, 0) is 0 Å². The fraction of sp³-hybridized carbons (Fsp3) is 0. The van der Waals surface area contributed by atoms with Crippen LogP contribution >= 0.6 is 22.9 Å². The van der Waals surface area contributed by atoms with E-state index in [0.717, 1.165) is 0 Å². The summed E-state index contributed by atoms with van der Waals surface area (Å²) in [7, 11) is 0. The molecule has 0 unspecified atom stereocenters. The second kappa shape index (κ2) is 4.75. The first-order valence-electron chi connectivity index (χ1n) is 6.31. The van der Waals surface area contributed by atoms with Crippen LogP contribution in [0, 0.1) is 0 Å². The Balaban J connectivity index is 2.06. The zero-order chi connectivity index (χ0) is 15.3. The van der Waals surface area contributed by atoms with E-state index in [4.69, 9.17) is 17.3 Å². The van der Waals surface area contributed by atoms with E-state index in [1.54, 1.807) is 24.3 Å².